The highest BCUT2D eigenvalue weighted by Gasteiger charge is 2.29. The van der Waals surface area contributed by atoms with Crippen molar-refractivity contribution >= 4 is 15.5 Å². The van der Waals surface area contributed by atoms with Gasteiger partial charge in [0.05, 0.1) is 10.9 Å². The normalized spacial score (nSPS) is 17.8. The number of anilines is 1. The first-order valence-corrected chi connectivity index (χ1v) is 12.0. The van der Waals surface area contributed by atoms with E-state index in [-0.39, 0.29) is 6.04 Å². The fourth-order valence-corrected chi connectivity index (χ4v) is 4.63. The highest BCUT2D eigenvalue weighted by atomic mass is 32.2. The molecule has 0 spiro atoms. The van der Waals surface area contributed by atoms with Crippen molar-refractivity contribution in [1.82, 2.24) is 9.88 Å². The lowest BCUT2D eigenvalue weighted by molar-refractivity contribution is 0.169. The molecule has 1 aliphatic rings. The Balaban J connectivity index is 1.61. The summed E-state index contributed by atoms with van der Waals surface area (Å²) < 4.78 is 24.0. The van der Waals surface area contributed by atoms with Crippen LogP contribution in [0.4, 0.5) is 5.69 Å². The van der Waals surface area contributed by atoms with Crippen molar-refractivity contribution in [2.45, 2.75) is 24.4 Å². The van der Waals surface area contributed by atoms with Crippen LogP contribution >= 0.6 is 0 Å². The van der Waals surface area contributed by atoms with Crippen LogP contribution < -0.4 is 4.90 Å². The molecule has 1 fully saturated rings. The average Bonchev–Trinajstić information content (AvgIpc) is 2.76. The van der Waals surface area contributed by atoms with Gasteiger partial charge in [-0.1, -0.05) is 42.5 Å². The van der Waals surface area contributed by atoms with Gasteiger partial charge in [0.2, 0.25) is 0 Å². The first-order chi connectivity index (χ1) is 14.4. The van der Waals surface area contributed by atoms with E-state index in [0.717, 1.165) is 37.6 Å². The molecule has 1 aromatic heterocycles. The number of hydrogen-bond donors (Lipinski definition) is 0. The molecular weight excluding hydrogens is 394 g/mol. The SMILES string of the molecule is Cc1ccc(CN2CCN(c3cccc(S(C)(=O)=O)c3)CC2c2ccccc2)cn1. The zero-order valence-electron chi connectivity index (χ0n) is 17.4. The molecule has 4 rings (SSSR count). The second kappa shape index (κ2) is 8.58. The minimum absolute atomic E-state index is 0.211. The minimum Gasteiger partial charge on any atom is -0.368 e. The predicted molar refractivity (Wildman–Crippen MR) is 120 cm³/mol. The zero-order chi connectivity index (χ0) is 21.1. The van der Waals surface area contributed by atoms with Gasteiger partial charge in [-0.3, -0.25) is 9.88 Å². The zero-order valence-corrected chi connectivity index (χ0v) is 18.2. The minimum atomic E-state index is -3.23. The summed E-state index contributed by atoms with van der Waals surface area (Å²) >= 11 is 0. The van der Waals surface area contributed by atoms with E-state index in [2.05, 4.69) is 51.2 Å². The van der Waals surface area contributed by atoms with Crippen molar-refractivity contribution < 1.29 is 8.42 Å². The number of sulfone groups is 1. The van der Waals surface area contributed by atoms with Crippen LogP contribution in [0.1, 0.15) is 22.9 Å². The molecule has 30 heavy (non-hydrogen) atoms. The molecule has 1 aliphatic heterocycles. The predicted octanol–water partition coefficient (Wildman–Crippen LogP) is 3.86. The van der Waals surface area contributed by atoms with Gasteiger partial charge in [0.15, 0.2) is 9.84 Å². The van der Waals surface area contributed by atoms with Crippen molar-refractivity contribution in [3.05, 3.63) is 89.7 Å². The number of benzene rings is 2. The monoisotopic (exact) mass is 421 g/mol. The van der Waals surface area contributed by atoms with E-state index in [1.165, 1.54) is 17.4 Å². The third-order valence-electron chi connectivity index (χ3n) is 5.64. The van der Waals surface area contributed by atoms with Crippen LogP contribution in [0.2, 0.25) is 0 Å². The molecule has 156 valence electrons. The van der Waals surface area contributed by atoms with Crippen molar-refractivity contribution in [2.75, 3.05) is 30.8 Å². The maximum atomic E-state index is 12.0. The van der Waals surface area contributed by atoms with Gasteiger partial charge in [0.25, 0.3) is 0 Å². The van der Waals surface area contributed by atoms with Gasteiger partial charge in [-0.05, 0) is 42.3 Å². The van der Waals surface area contributed by atoms with Crippen molar-refractivity contribution in [3.8, 4) is 0 Å². The molecule has 0 bridgehead atoms. The molecule has 0 saturated carbocycles. The Morgan fingerprint density at radius 2 is 1.80 bits per heavy atom. The Morgan fingerprint density at radius 1 is 1.00 bits per heavy atom. The van der Waals surface area contributed by atoms with E-state index in [4.69, 9.17) is 0 Å². The standard InChI is InChI=1S/C24H27N3O2S/c1-19-11-12-20(16-25-19)17-27-14-13-26(18-24(27)21-7-4-3-5-8-21)22-9-6-10-23(15-22)30(2,28)29/h3-12,15-16,24H,13-14,17-18H2,1-2H3. The summed E-state index contributed by atoms with van der Waals surface area (Å²) in [6.07, 6.45) is 3.21. The molecule has 2 heterocycles. The van der Waals surface area contributed by atoms with Crippen LogP contribution in [0.25, 0.3) is 0 Å². The highest BCUT2D eigenvalue weighted by Crippen LogP contribution is 2.30. The number of hydrogen-bond acceptors (Lipinski definition) is 5. The van der Waals surface area contributed by atoms with Gasteiger partial charge in [-0.25, -0.2) is 8.42 Å². The van der Waals surface area contributed by atoms with Crippen LogP contribution in [0, 0.1) is 6.92 Å². The van der Waals surface area contributed by atoms with Gasteiger partial charge >= 0.3 is 0 Å². The summed E-state index contributed by atoms with van der Waals surface area (Å²) in [5.74, 6) is 0. The van der Waals surface area contributed by atoms with Gasteiger partial charge in [-0.2, -0.15) is 0 Å². The fraction of sp³-hybridized carbons (Fsp3) is 0.292. The first kappa shape index (κ1) is 20.6. The number of rotatable bonds is 5. The van der Waals surface area contributed by atoms with Gasteiger partial charge in [-0.15, -0.1) is 0 Å². The Kier molecular flexibility index (Phi) is 5.88. The first-order valence-electron chi connectivity index (χ1n) is 10.2. The summed E-state index contributed by atoms with van der Waals surface area (Å²) in [4.78, 5) is 9.58. The lowest BCUT2D eigenvalue weighted by atomic mass is 10.0. The lowest BCUT2D eigenvalue weighted by Crippen LogP contribution is -2.48. The summed E-state index contributed by atoms with van der Waals surface area (Å²) in [6.45, 7) is 5.37. The third-order valence-corrected chi connectivity index (χ3v) is 6.76. The molecule has 0 radical (unpaired) electrons. The van der Waals surface area contributed by atoms with Crippen molar-refractivity contribution in [3.63, 3.8) is 0 Å². The van der Waals surface area contributed by atoms with E-state index < -0.39 is 9.84 Å². The molecule has 5 nitrogen and oxygen atoms in total. The largest absolute Gasteiger partial charge is 0.368 e. The summed E-state index contributed by atoms with van der Waals surface area (Å²) in [6, 6.07) is 22.2. The van der Waals surface area contributed by atoms with Crippen molar-refractivity contribution in [1.29, 1.82) is 0 Å². The van der Waals surface area contributed by atoms with Crippen LogP contribution in [-0.2, 0) is 16.4 Å². The Hall–Kier alpha value is -2.70. The van der Waals surface area contributed by atoms with Gasteiger partial charge in [0, 0.05) is 50.0 Å². The van der Waals surface area contributed by atoms with E-state index in [1.807, 2.05) is 31.3 Å². The van der Waals surface area contributed by atoms with E-state index in [0.29, 0.717) is 4.90 Å². The lowest BCUT2D eigenvalue weighted by Gasteiger charge is -2.43. The molecule has 0 amide bonds. The van der Waals surface area contributed by atoms with Crippen LogP contribution in [-0.4, -0.2) is 44.2 Å². The smallest absolute Gasteiger partial charge is 0.175 e. The van der Waals surface area contributed by atoms with Gasteiger partial charge < -0.3 is 4.90 Å². The molecule has 6 heteroatoms. The number of aromatic nitrogens is 1. The highest BCUT2D eigenvalue weighted by molar-refractivity contribution is 7.90. The van der Waals surface area contributed by atoms with Crippen molar-refractivity contribution in [2.24, 2.45) is 0 Å². The molecule has 2 aromatic carbocycles. The summed E-state index contributed by atoms with van der Waals surface area (Å²) in [5.41, 5.74) is 4.44. The summed E-state index contributed by atoms with van der Waals surface area (Å²) in [5, 5.41) is 0. The van der Waals surface area contributed by atoms with E-state index in [9.17, 15) is 8.42 Å². The molecule has 3 aromatic rings. The van der Waals surface area contributed by atoms with Crippen LogP contribution in [0.3, 0.4) is 0 Å². The molecule has 1 atom stereocenters. The average molecular weight is 422 g/mol. The maximum absolute atomic E-state index is 12.0. The topological polar surface area (TPSA) is 53.5 Å². The number of nitrogens with zero attached hydrogens (tertiary/aromatic N) is 3. The second-order valence-corrected chi connectivity index (χ2v) is 9.94. The summed E-state index contributed by atoms with van der Waals surface area (Å²) in [7, 11) is -3.23. The van der Waals surface area contributed by atoms with Gasteiger partial charge in [0.1, 0.15) is 0 Å². The molecular formula is C24H27N3O2S. The number of aryl methyl sites for hydroxylation is 1. The maximum Gasteiger partial charge on any atom is 0.175 e. The second-order valence-electron chi connectivity index (χ2n) is 7.92. The molecule has 1 saturated heterocycles. The Bertz CT molecular complexity index is 1100. The molecule has 0 aliphatic carbocycles. The fourth-order valence-electron chi connectivity index (χ4n) is 3.97. The van der Waals surface area contributed by atoms with E-state index in [1.54, 1.807) is 12.1 Å². The number of pyridine rings is 1. The van der Waals surface area contributed by atoms with Crippen LogP contribution in [0.5, 0.6) is 0 Å². The van der Waals surface area contributed by atoms with E-state index >= 15 is 0 Å². The quantitative estimate of drug-likeness (QED) is 0.626. The van der Waals surface area contributed by atoms with Crippen LogP contribution in [0.15, 0.2) is 77.8 Å². The molecule has 1 unspecified atom stereocenters. The number of piperazine rings is 1. The molecule has 0 N–H and O–H groups in total. The Labute approximate surface area is 178 Å². The Morgan fingerprint density at radius 3 is 2.50 bits per heavy atom. The third kappa shape index (κ3) is 4.71.